The Morgan fingerprint density at radius 2 is 1.74 bits per heavy atom. The summed E-state index contributed by atoms with van der Waals surface area (Å²) in [6, 6.07) is 9.91. The number of primary amides is 1. The topological polar surface area (TPSA) is 98.4 Å². The molecule has 0 radical (unpaired) electrons. The standard InChI is InChI=1S/C24H30N4O3/c1-2-31-23-19-10-8-18(24(30)28-14-12-16(13-15-28)21(25)29)9-11-20(19)26-22(27-23)17-6-4-3-5-7-17/h3-7,16,18H,2,8-15H2,1H3,(H2,25,29). The van der Waals surface area contributed by atoms with Gasteiger partial charge < -0.3 is 15.4 Å². The van der Waals surface area contributed by atoms with E-state index < -0.39 is 0 Å². The molecule has 0 spiro atoms. The Balaban J connectivity index is 1.51. The van der Waals surface area contributed by atoms with E-state index in [2.05, 4.69) is 0 Å². The van der Waals surface area contributed by atoms with E-state index in [0.717, 1.165) is 42.5 Å². The van der Waals surface area contributed by atoms with Gasteiger partial charge in [0.25, 0.3) is 0 Å². The molecule has 1 atom stereocenters. The maximum Gasteiger partial charge on any atom is 0.225 e. The second-order valence-electron chi connectivity index (χ2n) is 8.35. The van der Waals surface area contributed by atoms with Gasteiger partial charge in [-0.3, -0.25) is 9.59 Å². The lowest BCUT2D eigenvalue weighted by atomic mass is 9.93. The first-order valence-electron chi connectivity index (χ1n) is 11.2. The van der Waals surface area contributed by atoms with Crippen LogP contribution in [0.4, 0.5) is 0 Å². The Bertz CT molecular complexity index is 939. The van der Waals surface area contributed by atoms with E-state index in [1.807, 2.05) is 42.2 Å². The Morgan fingerprint density at radius 1 is 1.03 bits per heavy atom. The van der Waals surface area contributed by atoms with Crippen LogP contribution in [0.1, 0.15) is 43.9 Å². The minimum atomic E-state index is -0.256. The van der Waals surface area contributed by atoms with Crippen LogP contribution in [-0.4, -0.2) is 46.4 Å². The predicted octanol–water partition coefficient (Wildman–Crippen LogP) is 2.76. The zero-order chi connectivity index (χ0) is 21.8. The zero-order valence-corrected chi connectivity index (χ0v) is 18.0. The SMILES string of the molecule is CCOc1nc(-c2ccccc2)nc2c1CCC(C(=O)N1CCC(C(N)=O)CC1)CC2. The molecule has 2 N–H and O–H groups in total. The number of piperidine rings is 1. The lowest BCUT2D eigenvalue weighted by molar-refractivity contribution is -0.139. The van der Waals surface area contributed by atoms with E-state index in [0.29, 0.717) is 44.2 Å². The second-order valence-corrected chi connectivity index (χ2v) is 8.35. The minimum absolute atomic E-state index is 0.0472. The van der Waals surface area contributed by atoms with Crippen molar-refractivity contribution >= 4 is 11.8 Å². The zero-order valence-electron chi connectivity index (χ0n) is 18.0. The second kappa shape index (κ2) is 9.45. The van der Waals surface area contributed by atoms with E-state index in [1.165, 1.54) is 0 Å². The molecule has 1 aliphatic carbocycles. The van der Waals surface area contributed by atoms with Crippen molar-refractivity contribution < 1.29 is 14.3 Å². The van der Waals surface area contributed by atoms with Gasteiger partial charge in [-0.15, -0.1) is 0 Å². The van der Waals surface area contributed by atoms with E-state index in [4.69, 9.17) is 20.4 Å². The van der Waals surface area contributed by atoms with Crippen LogP contribution >= 0.6 is 0 Å². The number of carbonyl (C=O) groups excluding carboxylic acids is 2. The number of likely N-dealkylation sites (tertiary alicyclic amines) is 1. The largest absolute Gasteiger partial charge is 0.478 e. The fourth-order valence-electron chi connectivity index (χ4n) is 4.60. The predicted molar refractivity (Wildman–Crippen MR) is 117 cm³/mol. The molecule has 164 valence electrons. The molecule has 1 saturated heterocycles. The minimum Gasteiger partial charge on any atom is -0.478 e. The molecule has 1 aliphatic heterocycles. The third-order valence-corrected chi connectivity index (χ3v) is 6.40. The number of hydrogen-bond acceptors (Lipinski definition) is 5. The number of carbonyl (C=O) groups is 2. The van der Waals surface area contributed by atoms with Gasteiger partial charge in [0.1, 0.15) is 0 Å². The molecule has 0 saturated carbocycles. The van der Waals surface area contributed by atoms with Gasteiger partial charge in [-0.1, -0.05) is 30.3 Å². The van der Waals surface area contributed by atoms with Crippen molar-refractivity contribution in [1.82, 2.24) is 14.9 Å². The van der Waals surface area contributed by atoms with Crippen LogP contribution in [0.15, 0.2) is 30.3 Å². The first-order valence-corrected chi connectivity index (χ1v) is 11.2. The number of rotatable bonds is 5. The van der Waals surface area contributed by atoms with Crippen molar-refractivity contribution in [2.75, 3.05) is 19.7 Å². The molecular weight excluding hydrogens is 392 g/mol. The number of amides is 2. The van der Waals surface area contributed by atoms with Crippen LogP contribution in [0.25, 0.3) is 11.4 Å². The van der Waals surface area contributed by atoms with Gasteiger partial charge >= 0.3 is 0 Å². The summed E-state index contributed by atoms with van der Waals surface area (Å²) in [7, 11) is 0. The molecule has 1 fully saturated rings. The number of hydrogen-bond donors (Lipinski definition) is 1. The van der Waals surface area contributed by atoms with Gasteiger partial charge in [-0.05, 0) is 45.4 Å². The van der Waals surface area contributed by atoms with Gasteiger partial charge in [-0.2, -0.15) is 4.98 Å². The van der Waals surface area contributed by atoms with Crippen molar-refractivity contribution in [2.24, 2.45) is 17.6 Å². The molecule has 2 amide bonds. The summed E-state index contributed by atoms with van der Waals surface area (Å²) in [4.78, 5) is 36.0. The third kappa shape index (κ3) is 4.70. The number of nitrogens with two attached hydrogens (primary N) is 1. The van der Waals surface area contributed by atoms with Crippen molar-refractivity contribution in [3.8, 4) is 17.3 Å². The van der Waals surface area contributed by atoms with Crippen LogP contribution in [-0.2, 0) is 22.4 Å². The smallest absolute Gasteiger partial charge is 0.225 e. The summed E-state index contributed by atoms with van der Waals surface area (Å²) >= 11 is 0. The Kier molecular flexibility index (Phi) is 6.49. The Labute approximate surface area is 183 Å². The van der Waals surface area contributed by atoms with E-state index in [-0.39, 0.29) is 23.7 Å². The van der Waals surface area contributed by atoms with Gasteiger partial charge in [0.2, 0.25) is 17.7 Å². The fourth-order valence-corrected chi connectivity index (χ4v) is 4.60. The average molecular weight is 423 g/mol. The number of aryl methyl sites for hydroxylation is 1. The number of ether oxygens (including phenoxy) is 1. The van der Waals surface area contributed by atoms with Crippen molar-refractivity contribution in [1.29, 1.82) is 0 Å². The number of fused-ring (bicyclic) bond motifs is 1. The number of benzene rings is 1. The summed E-state index contributed by atoms with van der Waals surface area (Å²) in [5.74, 6) is 1.08. The molecule has 2 aliphatic rings. The van der Waals surface area contributed by atoms with Gasteiger partial charge in [0.05, 0.1) is 12.3 Å². The summed E-state index contributed by atoms with van der Waals surface area (Å²) < 4.78 is 5.88. The highest BCUT2D eigenvalue weighted by Crippen LogP contribution is 2.32. The maximum atomic E-state index is 13.2. The molecule has 7 heteroatoms. The molecule has 31 heavy (non-hydrogen) atoms. The van der Waals surface area contributed by atoms with Gasteiger partial charge in [0.15, 0.2) is 5.82 Å². The summed E-state index contributed by atoms with van der Waals surface area (Å²) in [5.41, 5.74) is 8.40. The third-order valence-electron chi connectivity index (χ3n) is 6.40. The molecule has 7 nitrogen and oxygen atoms in total. The van der Waals surface area contributed by atoms with Crippen molar-refractivity contribution in [2.45, 2.75) is 45.4 Å². The molecule has 2 aromatic rings. The Morgan fingerprint density at radius 3 is 2.42 bits per heavy atom. The molecule has 0 bridgehead atoms. The fraction of sp³-hybridized carbons (Fsp3) is 0.500. The van der Waals surface area contributed by atoms with Crippen LogP contribution in [0.5, 0.6) is 5.88 Å². The normalized spacial score (nSPS) is 19.4. The van der Waals surface area contributed by atoms with E-state index in [9.17, 15) is 9.59 Å². The van der Waals surface area contributed by atoms with Gasteiger partial charge in [-0.25, -0.2) is 4.98 Å². The summed E-state index contributed by atoms with van der Waals surface area (Å²) in [5, 5.41) is 0. The lowest BCUT2D eigenvalue weighted by Gasteiger charge is -2.33. The molecule has 1 unspecified atom stereocenters. The van der Waals surface area contributed by atoms with Crippen molar-refractivity contribution in [3.05, 3.63) is 41.6 Å². The maximum absolute atomic E-state index is 13.2. The number of aromatic nitrogens is 2. The van der Waals surface area contributed by atoms with Crippen molar-refractivity contribution in [3.63, 3.8) is 0 Å². The summed E-state index contributed by atoms with van der Waals surface area (Å²) in [6.07, 6.45) is 4.30. The number of nitrogens with zero attached hydrogens (tertiary/aromatic N) is 3. The van der Waals surface area contributed by atoms with E-state index >= 15 is 0 Å². The first-order chi connectivity index (χ1) is 15.1. The lowest BCUT2D eigenvalue weighted by Crippen LogP contribution is -2.44. The highest BCUT2D eigenvalue weighted by atomic mass is 16.5. The quantitative estimate of drug-likeness (QED) is 0.747. The molecule has 1 aromatic heterocycles. The average Bonchev–Trinajstić information content (AvgIpc) is 3.02. The monoisotopic (exact) mass is 422 g/mol. The summed E-state index contributed by atoms with van der Waals surface area (Å²) in [6.45, 7) is 3.71. The Hall–Kier alpha value is -2.96. The highest BCUT2D eigenvalue weighted by molar-refractivity contribution is 5.80. The van der Waals surface area contributed by atoms with Crippen LogP contribution in [0.2, 0.25) is 0 Å². The van der Waals surface area contributed by atoms with Crippen LogP contribution in [0.3, 0.4) is 0 Å². The first kappa shape index (κ1) is 21.3. The van der Waals surface area contributed by atoms with Gasteiger partial charge in [0, 0.05) is 36.1 Å². The van der Waals surface area contributed by atoms with Crippen LogP contribution < -0.4 is 10.5 Å². The van der Waals surface area contributed by atoms with Crippen LogP contribution in [0, 0.1) is 11.8 Å². The molecule has 1 aromatic carbocycles. The van der Waals surface area contributed by atoms with E-state index in [1.54, 1.807) is 0 Å². The molecule has 2 heterocycles. The molecule has 4 rings (SSSR count). The highest BCUT2D eigenvalue weighted by Gasteiger charge is 2.32. The molecular formula is C24H30N4O3.